The van der Waals surface area contributed by atoms with Crippen LogP contribution in [0.3, 0.4) is 0 Å². The van der Waals surface area contributed by atoms with Gasteiger partial charge >= 0.3 is 12.1 Å². The smallest absolute Gasteiger partial charge is 0.412 e. The molecule has 8 heteroatoms. The van der Waals surface area contributed by atoms with Gasteiger partial charge in [-0.15, -0.1) is 0 Å². The number of likely N-dealkylation sites (tertiary alicyclic amines) is 1. The average Bonchev–Trinajstić information content (AvgIpc) is 2.72. The molecule has 2 fully saturated rings. The van der Waals surface area contributed by atoms with Crippen LogP contribution in [0.25, 0.3) is 0 Å². The van der Waals surface area contributed by atoms with E-state index >= 15 is 0 Å². The topological polar surface area (TPSA) is 82.2 Å². The van der Waals surface area contributed by atoms with Gasteiger partial charge in [0.15, 0.2) is 0 Å². The molecular formula is C22H32N4O4. The number of piperazine rings is 1. The van der Waals surface area contributed by atoms with Crippen molar-refractivity contribution in [2.75, 3.05) is 44.6 Å². The van der Waals surface area contributed by atoms with Crippen LogP contribution >= 0.6 is 0 Å². The summed E-state index contributed by atoms with van der Waals surface area (Å²) in [7, 11) is 0. The number of piperidine rings is 1. The molecular weight excluding hydrogens is 384 g/mol. The summed E-state index contributed by atoms with van der Waals surface area (Å²) in [5, 5.41) is 2.66. The van der Waals surface area contributed by atoms with Gasteiger partial charge in [0.2, 0.25) is 0 Å². The predicted octanol–water partition coefficient (Wildman–Crippen LogP) is 3.40. The van der Waals surface area contributed by atoms with Gasteiger partial charge in [0.25, 0.3) is 5.91 Å². The van der Waals surface area contributed by atoms with Gasteiger partial charge in [-0.25, -0.2) is 9.59 Å². The Balaban J connectivity index is 1.54. The Bertz CT molecular complexity index is 776. The molecule has 1 aromatic carbocycles. The van der Waals surface area contributed by atoms with E-state index in [1.807, 2.05) is 9.80 Å². The minimum atomic E-state index is -0.594. The van der Waals surface area contributed by atoms with Crippen molar-refractivity contribution in [3.63, 3.8) is 0 Å². The second-order valence-electron chi connectivity index (χ2n) is 8.82. The lowest BCUT2D eigenvalue weighted by atomic mass is 10.1. The molecule has 164 valence electrons. The van der Waals surface area contributed by atoms with E-state index in [-0.39, 0.29) is 11.9 Å². The van der Waals surface area contributed by atoms with Crippen molar-refractivity contribution in [1.82, 2.24) is 14.7 Å². The standard InChI is InChI=1S/C22H32N4O4/c1-22(2,3)30-20(28)23-18-9-7-8-17(16-18)19(27)24-12-14-26(15-13-24)21(29)25-10-5-4-6-11-25/h7-9,16H,4-6,10-15H2,1-3H3,(H,23,28). The van der Waals surface area contributed by atoms with Crippen LogP contribution in [0.4, 0.5) is 15.3 Å². The molecule has 8 nitrogen and oxygen atoms in total. The van der Waals surface area contributed by atoms with E-state index < -0.39 is 11.7 Å². The van der Waals surface area contributed by atoms with Crippen LogP contribution in [0.2, 0.25) is 0 Å². The Morgan fingerprint density at radius 2 is 1.47 bits per heavy atom. The van der Waals surface area contributed by atoms with Crippen LogP contribution in [0.15, 0.2) is 24.3 Å². The molecule has 2 aliphatic rings. The summed E-state index contributed by atoms with van der Waals surface area (Å²) in [4.78, 5) is 43.0. The first-order chi connectivity index (χ1) is 14.2. The quantitative estimate of drug-likeness (QED) is 0.801. The van der Waals surface area contributed by atoms with Crippen LogP contribution < -0.4 is 5.32 Å². The molecule has 0 bridgehead atoms. The number of carbonyl (C=O) groups is 3. The Hall–Kier alpha value is -2.77. The van der Waals surface area contributed by atoms with Gasteiger partial charge in [0.05, 0.1) is 0 Å². The molecule has 1 aromatic rings. The van der Waals surface area contributed by atoms with Crippen molar-refractivity contribution < 1.29 is 19.1 Å². The Kier molecular flexibility index (Phi) is 6.84. The second kappa shape index (κ2) is 9.36. The summed E-state index contributed by atoms with van der Waals surface area (Å²) in [5.41, 5.74) is 0.413. The van der Waals surface area contributed by atoms with Gasteiger partial charge in [0, 0.05) is 50.5 Å². The summed E-state index contributed by atoms with van der Waals surface area (Å²) >= 11 is 0. The minimum absolute atomic E-state index is 0.0883. The molecule has 2 aliphatic heterocycles. The van der Waals surface area contributed by atoms with Crippen LogP contribution in [0, 0.1) is 0 Å². The Morgan fingerprint density at radius 1 is 0.867 bits per heavy atom. The molecule has 0 radical (unpaired) electrons. The van der Waals surface area contributed by atoms with E-state index in [4.69, 9.17) is 4.74 Å². The van der Waals surface area contributed by atoms with E-state index in [0.29, 0.717) is 37.4 Å². The van der Waals surface area contributed by atoms with Gasteiger partial charge in [-0.2, -0.15) is 0 Å². The summed E-state index contributed by atoms with van der Waals surface area (Å²) in [6.07, 6.45) is 2.76. The zero-order chi connectivity index (χ0) is 21.7. The summed E-state index contributed by atoms with van der Waals surface area (Å²) in [6.45, 7) is 9.12. The third-order valence-electron chi connectivity index (χ3n) is 5.22. The van der Waals surface area contributed by atoms with Crippen molar-refractivity contribution >= 4 is 23.7 Å². The molecule has 0 aromatic heterocycles. The average molecular weight is 417 g/mol. The van der Waals surface area contributed by atoms with Gasteiger partial charge in [-0.1, -0.05) is 6.07 Å². The van der Waals surface area contributed by atoms with Gasteiger partial charge in [-0.05, 0) is 58.2 Å². The van der Waals surface area contributed by atoms with Gasteiger partial charge < -0.3 is 19.4 Å². The van der Waals surface area contributed by atoms with Crippen molar-refractivity contribution in [2.24, 2.45) is 0 Å². The highest BCUT2D eigenvalue weighted by Gasteiger charge is 2.28. The van der Waals surface area contributed by atoms with Crippen molar-refractivity contribution in [3.8, 4) is 0 Å². The highest BCUT2D eigenvalue weighted by Crippen LogP contribution is 2.17. The summed E-state index contributed by atoms with van der Waals surface area (Å²) in [6, 6.07) is 6.92. The first kappa shape index (κ1) is 21.9. The zero-order valence-corrected chi connectivity index (χ0v) is 18.1. The third kappa shape index (κ3) is 5.87. The van der Waals surface area contributed by atoms with E-state index in [9.17, 15) is 14.4 Å². The fourth-order valence-corrected chi connectivity index (χ4v) is 3.72. The number of urea groups is 1. The Labute approximate surface area is 178 Å². The number of ether oxygens (including phenoxy) is 1. The molecule has 4 amide bonds. The first-order valence-corrected chi connectivity index (χ1v) is 10.7. The summed E-state index contributed by atoms with van der Waals surface area (Å²) < 4.78 is 5.26. The monoisotopic (exact) mass is 416 g/mol. The third-order valence-corrected chi connectivity index (χ3v) is 5.22. The first-order valence-electron chi connectivity index (χ1n) is 10.7. The van der Waals surface area contributed by atoms with Crippen molar-refractivity contribution in [3.05, 3.63) is 29.8 Å². The minimum Gasteiger partial charge on any atom is -0.444 e. The van der Waals surface area contributed by atoms with E-state index in [2.05, 4.69) is 5.32 Å². The molecule has 2 saturated heterocycles. The molecule has 0 saturated carbocycles. The largest absolute Gasteiger partial charge is 0.444 e. The van der Waals surface area contributed by atoms with Crippen LogP contribution in [0.1, 0.15) is 50.4 Å². The van der Waals surface area contributed by atoms with Crippen LogP contribution in [-0.2, 0) is 4.74 Å². The number of rotatable bonds is 2. The molecule has 0 atom stereocenters. The molecule has 0 spiro atoms. The second-order valence-corrected chi connectivity index (χ2v) is 8.82. The van der Waals surface area contributed by atoms with Gasteiger partial charge in [-0.3, -0.25) is 10.1 Å². The molecule has 1 N–H and O–H groups in total. The fourth-order valence-electron chi connectivity index (χ4n) is 3.72. The summed E-state index contributed by atoms with van der Waals surface area (Å²) in [5.74, 6) is -0.104. The molecule has 0 unspecified atom stereocenters. The SMILES string of the molecule is CC(C)(C)OC(=O)Nc1cccc(C(=O)N2CCN(C(=O)N3CCCCC3)CC2)c1. The number of benzene rings is 1. The number of nitrogens with zero attached hydrogens (tertiary/aromatic N) is 3. The number of hydrogen-bond acceptors (Lipinski definition) is 4. The number of hydrogen-bond donors (Lipinski definition) is 1. The maximum absolute atomic E-state index is 12.9. The fraction of sp³-hybridized carbons (Fsp3) is 0.591. The maximum Gasteiger partial charge on any atom is 0.412 e. The molecule has 2 heterocycles. The predicted molar refractivity (Wildman–Crippen MR) is 115 cm³/mol. The number of anilines is 1. The van der Waals surface area contributed by atoms with Crippen LogP contribution in [-0.4, -0.2) is 77.6 Å². The Morgan fingerprint density at radius 3 is 2.10 bits per heavy atom. The van der Waals surface area contributed by atoms with E-state index in [1.54, 1.807) is 49.9 Å². The van der Waals surface area contributed by atoms with Gasteiger partial charge in [0.1, 0.15) is 5.60 Å². The number of amides is 4. The lowest BCUT2D eigenvalue weighted by Crippen LogP contribution is -2.54. The normalized spacial score (nSPS) is 17.5. The highest BCUT2D eigenvalue weighted by molar-refractivity contribution is 5.96. The van der Waals surface area contributed by atoms with Crippen molar-refractivity contribution in [2.45, 2.75) is 45.6 Å². The molecule has 30 heavy (non-hydrogen) atoms. The molecule has 0 aliphatic carbocycles. The highest BCUT2D eigenvalue weighted by atomic mass is 16.6. The van der Waals surface area contributed by atoms with Crippen molar-refractivity contribution in [1.29, 1.82) is 0 Å². The number of nitrogens with one attached hydrogen (secondary N) is 1. The maximum atomic E-state index is 12.9. The number of carbonyl (C=O) groups excluding carboxylic acids is 3. The van der Waals surface area contributed by atoms with E-state index in [0.717, 1.165) is 25.9 Å². The lowest BCUT2D eigenvalue weighted by Gasteiger charge is -2.38. The van der Waals surface area contributed by atoms with E-state index in [1.165, 1.54) is 6.42 Å². The van der Waals surface area contributed by atoms with Crippen LogP contribution in [0.5, 0.6) is 0 Å². The molecule has 3 rings (SSSR count). The zero-order valence-electron chi connectivity index (χ0n) is 18.1. The lowest BCUT2D eigenvalue weighted by molar-refractivity contribution is 0.0625.